The number of ether oxygens (including phenoxy) is 1. The van der Waals surface area contributed by atoms with Crippen molar-refractivity contribution in [3.05, 3.63) is 76.6 Å². The molecule has 0 unspecified atom stereocenters. The fourth-order valence-electron chi connectivity index (χ4n) is 5.37. The second-order valence-electron chi connectivity index (χ2n) is 9.03. The van der Waals surface area contributed by atoms with Crippen LogP contribution >= 0.6 is 0 Å². The molecular formula is C27H27NO6S. The summed E-state index contributed by atoms with van der Waals surface area (Å²) in [5.74, 6) is -0.124. The number of Topliss-reactive ketones (excluding diaryl/α,β-unsaturated/α-hetero) is 2. The Morgan fingerprint density at radius 3 is 2.00 bits per heavy atom. The Morgan fingerprint density at radius 1 is 0.829 bits per heavy atom. The number of hydrogen-bond donors (Lipinski definition) is 0. The predicted octanol–water partition coefficient (Wildman–Crippen LogP) is 4.51. The lowest BCUT2D eigenvalue weighted by Gasteiger charge is -2.42. The fourth-order valence-corrected chi connectivity index (χ4v) is 6.33. The number of carbonyl (C=O) groups excluding carboxylic acids is 2. The molecule has 2 aromatic rings. The number of rotatable bonds is 5. The summed E-state index contributed by atoms with van der Waals surface area (Å²) in [5.41, 5.74) is 4.00. The van der Waals surface area contributed by atoms with Crippen LogP contribution in [0.15, 0.2) is 76.0 Å². The number of ketones is 2. The van der Waals surface area contributed by atoms with Gasteiger partial charge in [-0.2, -0.15) is 8.42 Å². The predicted molar refractivity (Wildman–Crippen MR) is 130 cm³/mol. The maximum absolute atomic E-state index is 13.2. The number of nitrogens with zero attached hydrogens (tertiary/aromatic N) is 1. The number of allylic oxidation sites excluding steroid dienone is 4. The van der Waals surface area contributed by atoms with E-state index in [1.54, 1.807) is 30.3 Å². The van der Waals surface area contributed by atoms with Crippen molar-refractivity contribution in [2.45, 2.75) is 49.3 Å². The topological polar surface area (TPSA) is 90.0 Å². The standard InChI is InChI=1S/C27H27NO6S/c1-28-19-10-6-12-21(29)26(19)25(27-20(28)11-7-13-22(27)30)17-14-15-23(24(16-17)33-2)34-35(31,32)18-8-4-3-5-9-18/h3-5,8-9,14-16,25H,6-7,10-13H2,1-2H3. The lowest BCUT2D eigenvalue weighted by atomic mass is 9.71. The van der Waals surface area contributed by atoms with E-state index in [2.05, 4.69) is 4.90 Å². The highest BCUT2D eigenvalue weighted by Gasteiger charge is 2.42. The molecule has 35 heavy (non-hydrogen) atoms. The van der Waals surface area contributed by atoms with Crippen LogP contribution in [0.4, 0.5) is 0 Å². The van der Waals surface area contributed by atoms with E-state index in [4.69, 9.17) is 8.92 Å². The summed E-state index contributed by atoms with van der Waals surface area (Å²) in [5, 5.41) is 0. The molecule has 0 radical (unpaired) electrons. The minimum absolute atomic E-state index is 0.0339. The van der Waals surface area contributed by atoms with Gasteiger partial charge in [-0.3, -0.25) is 9.59 Å². The Hall–Kier alpha value is -3.39. The highest BCUT2D eigenvalue weighted by molar-refractivity contribution is 7.87. The molecule has 0 aromatic heterocycles. The second kappa shape index (κ2) is 9.00. The zero-order valence-corrected chi connectivity index (χ0v) is 20.6. The van der Waals surface area contributed by atoms with Crippen molar-refractivity contribution < 1.29 is 26.9 Å². The maximum atomic E-state index is 13.2. The Morgan fingerprint density at radius 2 is 1.43 bits per heavy atom. The Balaban J connectivity index is 1.60. The largest absolute Gasteiger partial charge is 0.493 e. The third-order valence-electron chi connectivity index (χ3n) is 7.00. The molecule has 0 atom stereocenters. The van der Waals surface area contributed by atoms with Crippen LogP contribution in [-0.4, -0.2) is 39.0 Å². The van der Waals surface area contributed by atoms with Crippen molar-refractivity contribution in [2.75, 3.05) is 14.2 Å². The molecule has 2 aliphatic carbocycles. The van der Waals surface area contributed by atoms with Gasteiger partial charge in [0.25, 0.3) is 0 Å². The van der Waals surface area contributed by atoms with Crippen molar-refractivity contribution in [2.24, 2.45) is 0 Å². The summed E-state index contributed by atoms with van der Waals surface area (Å²) in [6, 6.07) is 12.8. The quantitative estimate of drug-likeness (QED) is 0.566. The molecule has 8 heteroatoms. The van der Waals surface area contributed by atoms with Gasteiger partial charge in [-0.1, -0.05) is 24.3 Å². The van der Waals surface area contributed by atoms with Gasteiger partial charge in [-0.25, -0.2) is 0 Å². The minimum Gasteiger partial charge on any atom is -0.493 e. The van der Waals surface area contributed by atoms with Crippen LogP contribution in [0.3, 0.4) is 0 Å². The number of methoxy groups -OCH3 is 1. The molecule has 2 aromatic carbocycles. The number of benzene rings is 2. The van der Waals surface area contributed by atoms with Gasteiger partial charge < -0.3 is 13.8 Å². The second-order valence-corrected chi connectivity index (χ2v) is 10.6. The van der Waals surface area contributed by atoms with E-state index < -0.39 is 16.0 Å². The third kappa shape index (κ3) is 4.05. The fraction of sp³-hybridized carbons (Fsp3) is 0.333. The smallest absolute Gasteiger partial charge is 0.339 e. The molecule has 1 heterocycles. The van der Waals surface area contributed by atoms with Gasteiger partial charge in [0, 0.05) is 48.3 Å². The molecular weight excluding hydrogens is 466 g/mol. The van der Waals surface area contributed by atoms with Gasteiger partial charge in [-0.05, 0) is 55.5 Å². The normalized spacial score (nSPS) is 19.0. The van der Waals surface area contributed by atoms with Crippen molar-refractivity contribution in [1.29, 1.82) is 0 Å². The molecule has 182 valence electrons. The Kier molecular flexibility index (Phi) is 6.01. The molecule has 3 aliphatic rings. The summed E-state index contributed by atoms with van der Waals surface area (Å²) in [4.78, 5) is 28.4. The monoisotopic (exact) mass is 493 g/mol. The van der Waals surface area contributed by atoms with E-state index in [0.717, 1.165) is 37.1 Å². The van der Waals surface area contributed by atoms with E-state index in [1.165, 1.54) is 25.3 Å². The third-order valence-corrected chi connectivity index (χ3v) is 8.25. The molecule has 0 saturated heterocycles. The van der Waals surface area contributed by atoms with Crippen molar-refractivity contribution in [1.82, 2.24) is 4.90 Å². The first-order chi connectivity index (χ1) is 16.8. The van der Waals surface area contributed by atoms with Gasteiger partial charge >= 0.3 is 10.1 Å². The Bertz CT molecular complexity index is 1330. The summed E-state index contributed by atoms with van der Waals surface area (Å²) in [6.07, 6.45) is 4.05. The molecule has 0 saturated carbocycles. The summed E-state index contributed by atoms with van der Waals surface area (Å²) in [7, 11) is -0.678. The molecule has 0 N–H and O–H groups in total. The average Bonchev–Trinajstić information content (AvgIpc) is 2.86. The van der Waals surface area contributed by atoms with Gasteiger partial charge in [0.2, 0.25) is 0 Å². The molecule has 7 nitrogen and oxygen atoms in total. The van der Waals surface area contributed by atoms with Gasteiger partial charge in [0.15, 0.2) is 23.1 Å². The van der Waals surface area contributed by atoms with Crippen LogP contribution in [0.2, 0.25) is 0 Å². The summed E-state index contributed by atoms with van der Waals surface area (Å²) < 4.78 is 36.4. The summed E-state index contributed by atoms with van der Waals surface area (Å²) >= 11 is 0. The molecule has 0 fully saturated rings. The Labute approximate surface area is 205 Å². The van der Waals surface area contributed by atoms with Crippen LogP contribution in [0.5, 0.6) is 11.5 Å². The molecule has 0 bridgehead atoms. The van der Waals surface area contributed by atoms with E-state index in [0.29, 0.717) is 29.6 Å². The van der Waals surface area contributed by atoms with Crippen LogP contribution < -0.4 is 8.92 Å². The zero-order valence-electron chi connectivity index (χ0n) is 19.7. The highest BCUT2D eigenvalue weighted by atomic mass is 32.2. The van der Waals surface area contributed by atoms with E-state index >= 15 is 0 Å². The molecule has 0 amide bonds. The van der Waals surface area contributed by atoms with E-state index in [1.807, 2.05) is 7.05 Å². The van der Waals surface area contributed by atoms with Gasteiger partial charge in [0.05, 0.1) is 7.11 Å². The highest BCUT2D eigenvalue weighted by Crippen LogP contribution is 2.49. The van der Waals surface area contributed by atoms with Crippen LogP contribution in [0.1, 0.15) is 50.0 Å². The van der Waals surface area contributed by atoms with Gasteiger partial charge in [-0.15, -0.1) is 0 Å². The van der Waals surface area contributed by atoms with Crippen LogP contribution in [0.25, 0.3) is 0 Å². The number of carbonyl (C=O) groups is 2. The zero-order chi connectivity index (χ0) is 24.7. The summed E-state index contributed by atoms with van der Waals surface area (Å²) in [6.45, 7) is 0. The van der Waals surface area contributed by atoms with E-state index in [-0.39, 0.29) is 28.0 Å². The first kappa shape index (κ1) is 23.4. The lowest BCUT2D eigenvalue weighted by Crippen LogP contribution is -2.37. The minimum atomic E-state index is -4.06. The SMILES string of the molecule is COc1cc(C2C3=C(CCCC3=O)N(C)C3=C2C(=O)CCC3)ccc1OS(=O)(=O)c1ccccc1. The van der Waals surface area contributed by atoms with Crippen molar-refractivity contribution >= 4 is 21.7 Å². The maximum Gasteiger partial charge on any atom is 0.339 e. The number of hydrogen-bond acceptors (Lipinski definition) is 7. The first-order valence-corrected chi connectivity index (χ1v) is 13.2. The van der Waals surface area contributed by atoms with Crippen molar-refractivity contribution in [3.63, 3.8) is 0 Å². The van der Waals surface area contributed by atoms with E-state index in [9.17, 15) is 18.0 Å². The molecule has 1 aliphatic heterocycles. The lowest BCUT2D eigenvalue weighted by molar-refractivity contribution is -0.117. The van der Waals surface area contributed by atoms with Crippen molar-refractivity contribution in [3.8, 4) is 11.5 Å². The van der Waals surface area contributed by atoms with Gasteiger partial charge in [0.1, 0.15) is 4.90 Å². The van der Waals surface area contributed by atoms with Crippen LogP contribution in [-0.2, 0) is 19.7 Å². The average molecular weight is 494 g/mol. The first-order valence-electron chi connectivity index (χ1n) is 11.8. The van der Waals surface area contributed by atoms with Crippen LogP contribution in [0, 0.1) is 0 Å². The molecule has 0 spiro atoms. The molecule has 5 rings (SSSR count).